The van der Waals surface area contributed by atoms with E-state index in [2.05, 4.69) is 36.5 Å². The van der Waals surface area contributed by atoms with Gasteiger partial charge in [0.05, 0.1) is 0 Å². The molecule has 0 aliphatic rings. The Balaban J connectivity index is 2.44. The average Bonchev–Trinajstić information content (AvgIpc) is 2.63. The van der Waals surface area contributed by atoms with Crippen LogP contribution in [0.1, 0.15) is 31.4 Å². The molecule has 130 valence electrons. The smallest absolute Gasteiger partial charge is 0.328 e. The number of aliphatic carboxylic acids is 1. The molecular weight excluding hydrogens is 314 g/mol. The maximum atomic E-state index is 12.1. The summed E-state index contributed by atoms with van der Waals surface area (Å²) >= 11 is 0. The van der Waals surface area contributed by atoms with Crippen LogP contribution < -0.4 is 5.32 Å². The van der Waals surface area contributed by atoms with Gasteiger partial charge in [0, 0.05) is 23.6 Å². The maximum absolute atomic E-state index is 12.1. The monoisotopic (exact) mass is 337 g/mol. The van der Waals surface area contributed by atoms with Gasteiger partial charge in [0.1, 0.15) is 0 Å². The molecule has 1 amide bonds. The van der Waals surface area contributed by atoms with Gasteiger partial charge in [0.25, 0.3) is 0 Å². The summed E-state index contributed by atoms with van der Waals surface area (Å²) in [6.45, 7) is 4.05. The molecule has 0 aromatic heterocycles. The number of carboxylic acids is 1. The number of rotatable bonds is 7. The van der Waals surface area contributed by atoms with E-state index >= 15 is 0 Å². The normalized spacial score (nSPS) is 12.7. The minimum Gasteiger partial charge on any atom is -0.478 e. The molecule has 4 heteroatoms. The van der Waals surface area contributed by atoms with Crippen LogP contribution >= 0.6 is 0 Å². The first-order valence-corrected chi connectivity index (χ1v) is 8.33. The highest BCUT2D eigenvalue weighted by molar-refractivity contribution is 5.94. The Morgan fingerprint density at radius 1 is 1.00 bits per heavy atom. The molecule has 1 unspecified atom stereocenters. The molecule has 0 aliphatic carbocycles. The SMILES string of the molecule is CCC(c1ccccc1)(c1ccccc1)C(C)NC(=O)C=CC(=O)O. The molecule has 0 aliphatic heterocycles. The van der Waals surface area contributed by atoms with E-state index in [-0.39, 0.29) is 6.04 Å². The molecule has 0 heterocycles. The van der Waals surface area contributed by atoms with Gasteiger partial charge in [-0.15, -0.1) is 0 Å². The van der Waals surface area contributed by atoms with Crippen molar-refractivity contribution in [2.45, 2.75) is 31.7 Å². The number of carbonyl (C=O) groups is 2. The molecule has 2 aromatic carbocycles. The fourth-order valence-electron chi connectivity index (χ4n) is 3.38. The lowest BCUT2D eigenvalue weighted by molar-refractivity contribution is -0.131. The molecule has 0 bridgehead atoms. The van der Waals surface area contributed by atoms with E-state index in [1.165, 1.54) is 0 Å². The zero-order chi connectivity index (χ0) is 18.3. The van der Waals surface area contributed by atoms with Gasteiger partial charge in [-0.3, -0.25) is 4.79 Å². The molecule has 2 rings (SSSR count). The molecule has 0 radical (unpaired) electrons. The second-order valence-corrected chi connectivity index (χ2v) is 5.96. The Morgan fingerprint density at radius 3 is 1.88 bits per heavy atom. The third-order valence-electron chi connectivity index (χ3n) is 4.61. The Kier molecular flexibility index (Phi) is 6.12. The van der Waals surface area contributed by atoms with E-state index in [4.69, 9.17) is 5.11 Å². The average molecular weight is 337 g/mol. The van der Waals surface area contributed by atoms with Gasteiger partial charge >= 0.3 is 5.97 Å². The summed E-state index contributed by atoms with van der Waals surface area (Å²) < 4.78 is 0. The van der Waals surface area contributed by atoms with E-state index < -0.39 is 17.3 Å². The van der Waals surface area contributed by atoms with Crippen LogP contribution in [-0.2, 0) is 15.0 Å². The number of hydrogen-bond acceptors (Lipinski definition) is 2. The zero-order valence-corrected chi connectivity index (χ0v) is 14.5. The van der Waals surface area contributed by atoms with E-state index in [0.717, 1.165) is 29.7 Å². The fourth-order valence-corrected chi connectivity index (χ4v) is 3.38. The lowest BCUT2D eigenvalue weighted by Gasteiger charge is -2.40. The Hall–Kier alpha value is -2.88. The predicted molar refractivity (Wildman–Crippen MR) is 98.3 cm³/mol. The second kappa shape index (κ2) is 8.29. The highest BCUT2D eigenvalue weighted by Gasteiger charge is 2.38. The van der Waals surface area contributed by atoms with E-state index in [9.17, 15) is 9.59 Å². The van der Waals surface area contributed by atoms with Crippen LogP contribution in [0.5, 0.6) is 0 Å². The van der Waals surface area contributed by atoms with Crippen molar-refractivity contribution in [1.29, 1.82) is 0 Å². The number of amides is 1. The molecule has 4 nitrogen and oxygen atoms in total. The van der Waals surface area contributed by atoms with Crippen molar-refractivity contribution in [3.05, 3.63) is 83.9 Å². The second-order valence-electron chi connectivity index (χ2n) is 5.96. The highest BCUT2D eigenvalue weighted by Crippen LogP contribution is 2.38. The first-order valence-electron chi connectivity index (χ1n) is 8.33. The Labute approximate surface area is 148 Å². The largest absolute Gasteiger partial charge is 0.478 e. The van der Waals surface area contributed by atoms with Crippen molar-refractivity contribution in [3.63, 3.8) is 0 Å². The fraction of sp³-hybridized carbons (Fsp3) is 0.238. The molecule has 2 N–H and O–H groups in total. The van der Waals surface area contributed by atoms with Crippen LogP contribution in [0.4, 0.5) is 0 Å². The zero-order valence-electron chi connectivity index (χ0n) is 14.5. The number of carboxylic acid groups (broad SMARTS) is 1. The summed E-state index contributed by atoms with van der Waals surface area (Å²) in [5, 5.41) is 11.6. The van der Waals surface area contributed by atoms with Gasteiger partial charge in [-0.05, 0) is 24.5 Å². The van der Waals surface area contributed by atoms with Gasteiger partial charge in [0.2, 0.25) is 5.91 Å². The quantitative estimate of drug-likeness (QED) is 0.760. The van der Waals surface area contributed by atoms with Gasteiger partial charge < -0.3 is 10.4 Å². The van der Waals surface area contributed by atoms with Crippen LogP contribution in [0.15, 0.2) is 72.8 Å². The molecular formula is C21H23NO3. The topological polar surface area (TPSA) is 66.4 Å². The number of benzene rings is 2. The molecule has 0 saturated heterocycles. The van der Waals surface area contributed by atoms with Crippen molar-refractivity contribution in [2.24, 2.45) is 0 Å². The molecule has 0 fully saturated rings. The molecule has 0 saturated carbocycles. The third-order valence-corrected chi connectivity index (χ3v) is 4.61. The van der Waals surface area contributed by atoms with Crippen molar-refractivity contribution in [3.8, 4) is 0 Å². The van der Waals surface area contributed by atoms with Crippen LogP contribution in [0.2, 0.25) is 0 Å². The summed E-state index contributed by atoms with van der Waals surface area (Å²) in [6.07, 6.45) is 2.68. The van der Waals surface area contributed by atoms with Crippen LogP contribution in [0, 0.1) is 0 Å². The van der Waals surface area contributed by atoms with Crippen molar-refractivity contribution in [1.82, 2.24) is 5.32 Å². The van der Waals surface area contributed by atoms with E-state index in [1.807, 2.05) is 43.3 Å². The molecule has 25 heavy (non-hydrogen) atoms. The summed E-state index contributed by atoms with van der Waals surface area (Å²) in [7, 11) is 0. The summed E-state index contributed by atoms with van der Waals surface area (Å²) in [5.41, 5.74) is 1.81. The van der Waals surface area contributed by atoms with Crippen molar-refractivity contribution >= 4 is 11.9 Å². The minimum atomic E-state index is -1.14. The predicted octanol–water partition coefficient (Wildman–Crippen LogP) is 3.53. The number of hydrogen-bond donors (Lipinski definition) is 2. The van der Waals surface area contributed by atoms with Crippen LogP contribution in [0.25, 0.3) is 0 Å². The molecule has 2 aromatic rings. The highest BCUT2D eigenvalue weighted by atomic mass is 16.4. The number of nitrogens with one attached hydrogen (secondary N) is 1. The molecule has 0 spiro atoms. The Bertz CT molecular complexity index is 699. The lowest BCUT2D eigenvalue weighted by Crippen LogP contribution is -2.49. The lowest BCUT2D eigenvalue weighted by atomic mass is 9.67. The third kappa shape index (κ3) is 4.15. The first-order chi connectivity index (χ1) is 12.0. The first kappa shape index (κ1) is 18.5. The van der Waals surface area contributed by atoms with E-state index in [1.54, 1.807) is 0 Å². The van der Waals surface area contributed by atoms with Crippen molar-refractivity contribution < 1.29 is 14.7 Å². The van der Waals surface area contributed by atoms with Crippen molar-refractivity contribution in [2.75, 3.05) is 0 Å². The summed E-state index contributed by atoms with van der Waals surface area (Å²) in [6, 6.07) is 19.9. The van der Waals surface area contributed by atoms with Gasteiger partial charge in [-0.1, -0.05) is 67.6 Å². The molecule has 1 atom stereocenters. The van der Waals surface area contributed by atoms with E-state index in [0.29, 0.717) is 0 Å². The van der Waals surface area contributed by atoms with Gasteiger partial charge in [0.15, 0.2) is 0 Å². The van der Waals surface area contributed by atoms with Crippen LogP contribution in [0.3, 0.4) is 0 Å². The summed E-state index contributed by atoms with van der Waals surface area (Å²) in [5.74, 6) is -1.56. The standard InChI is InChI=1S/C21H23NO3/c1-3-21(17-10-6-4-7-11-17,18-12-8-5-9-13-18)16(2)22-19(23)14-15-20(24)25/h4-16H,3H2,1-2H3,(H,22,23)(H,24,25). The van der Waals surface area contributed by atoms with Gasteiger partial charge in [-0.25, -0.2) is 4.79 Å². The summed E-state index contributed by atoms with van der Waals surface area (Å²) in [4.78, 5) is 22.7. The Morgan fingerprint density at radius 2 is 1.48 bits per heavy atom. The minimum absolute atomic E-state index is 0.228. The maximum Gasteiger partial charge on any atom is 0.328 e. The van der Waals surface area contributed by atoms with Crippen LogP contribution in [-0.4, -0.2) is 23.0 Å². The van der Waals surface area contributed by atoms with Gasteiger partial charge in [-0.2, -0.15) is 0 Å². The number of carbonyl (C=O) groups excluding carboxylic acids is 1.